The topological polar surface area (TPSA) is 225 Å². The van der Waals surface area contributed by atoms with Crippen molar-refractivity contribution in [3.05, 3.63) is 0 Å². The molecule has 0 radical (unpaired) electrons. The van der Waals surface area contributed by atoms with Gasteiger partial charge in [0.1, 0.15) is 12.6 Å². The second kappa shape index (κ2) is 11.4. The zero-order valence-corrected chi connectivity index (χ0v) is 13.6. The van der Waals surface area contributed by atoms with Gasteiger partial charge in [-0.25, -0.2) is 0 Å². The van der Waals surface area contributed by atoms with Gasteiger partial charge in [-0.15, -0.1) is 0 Å². The SMILES string of the molecule is NC(CC(=O)O)C(=O)NC(CCC(=O)O)C(=O)NCC(=O)NCC(=O)O. The quantitative estimate of drug-likeness (QED) is 0.177. The molecule has 0 aliphatic carbocycles. The van der Waals surface area contributed by atoms with Crippen LogP contribution in [-0.4, -0.2) is 76.1 Å². The summed E-state index contributed by atoms with van der Waals surface area (Å²) in [6, 6.07) is -2.82. The van der Waals surface area contributed by atoms with E-state index in [-0.39, 0.29) is 6.42 Å². The van der Waals surface area contributed by atoms with E-state index in [1.165, 1.54) is 0 Å². The van der Waals surface area contributed by atoms with Crippen molar-refractivity contribution in [2.24, 2.45) is 5.73 Å². The molecule has 146 valence electrons. The number of nitrogens with one attached hydrogen (secondary N) is 3. The van der Waals surface area contributed by atoms with Gasteiger partial charge in [-0.1, -0.05) is 0 Å². The normalized spacial score (nSPS) is 12.3. The summed E-state index contributed by atoms with van der Waals surface area (Å²) in [5.41, 5.74) is 5.35. The molecule has 0 aromatic rings. The Balaban J connectivity index is 4.73. The second-order valence-electron chi connectivity index (χ2n) is 5.09. The first-order chi connectivity index (χ1) is 12.0. The largest absolute Gasteiger partial charge is 0.481 e. The average molecular weight is 376 g/mol. The van der Waals surface area contributed by atoms with Crippen molar-refractivity contribution in [1.29, 1.82) is 0 Å². The highest BCUT2D eigenvalue weighted by atomic mass is 16.4. The van der Waals surface area contributed by atoms with Crippen LogP contribution < -0.4 is 21.7 Å². The molecule has 3 amide bonds. The Labute approximate surface area is 146 Å². The number of carboxylic acids is 3. The molecule has 0 spiro atoms. The Kier molecular flexibility index (Phi) is 9.95. The van der Waals surface area contributed by atoms with Crippen molar-refractivity contribution >= 4 is 35.6 Å². The van der Waals surface area contributed by atoms with Crippen LogP contribution in [0.5, 0.6) is 0 Å². The van der Waals surface area contributed by atoms with Gasteiger partial charge in [-0.05, 0) is 6.42 Å². The smallest absolute Gasteiger partial charge is 0.322 e. The number of rotatable bonds is 12. The molecule has 0 aromatic heterocycles. The van der Waals surface area contributed by atoms with E-state index in [0.29, 0.717) is 0 Å². The summed E-state index contributed by atoms with van der Waals surface area (Å²) in [5, 5.41) is 31.9. The number of hydrogen-bond donors (Lipinski definition) is 7. The third-order valence-electron chi connectivity index (χ3n) is 2.87. The highest BCUT2D eigenvalue weighted by molar-refractivity contribution is 5.93. The first-order valence-electron chi connectivity index (χ1n) is 7.28. The number of carboxylic acid groups (broad SMARTS) is 3. The minimum atomic E-state index is -1.45. The molecule has 0 fully saturated rings. The van der Waals surface area contributed by atoms with E-state index in [4.69, 9.17) is 21.1 Å². The molecule has 2 unspecified atom stereocenters. The molecule has 0 aromatic carbocycles. The van der Waals surface area contributed by atoms with E-state index in [2.05, 4.69) is 10.6 Å². The maximum Gasteiger partial charge on any atom is 0.322 e. The summed E-state index contributed by atoms with van der Waals surface area (Å²) in [6.45, 7) is -1.26. The highest BCUT2D eigenvalue weighted by Crippen LogP contribution is 2.00. The summed E-state index contributed by atoms with van der Waals surface area (Å²) in [6.07, 6.45) is -1.52. The van der Waals surface area contributed by atoms with Crippen molar-refractivity contribution in [1.82, 2.24) is 16.0 Å². The average Bonchev–Trinajstić information content (AvgIpc) is 2.53. The van der Waals surface area contributed by atoms with Crippen molar-refractivity contribution in [2.75, 3.05) is 13.1 Å². The third kappa shape index (κ3) is 10.5. The first-order valence-corrected chi connectivity index (χ1v) is 7.28. The monoisotopic (exact) mass is 376 g/mol. The summed E-state index contributed by atoms with van der Waals surface area (Å²) < 4.78 is 0. The van der Waals surface area contributed by atoms with Gasteiger partial charge in [-0.3, -0.25) is 28.8 Å². The maximum atomic E-state index is 12.0. The Morgan fingerprint density at radius 3 is 1.92 bits per heavy atom. The van der Waals surface area contributed by atoms with Gasteiger partial charge in [0.05, 0.1) is 19.0 Å². The molecule has 0 rings (SSSR count). The molecular weight excluding hydrogens is 356 g/mol. The molecule has 0 heterocycles. The Hall–Kier alpha value is -3.22. The predicted octanol–water partition coefficient (Wildman–Crippen LogP) is -3.54. The zero-order valence-electron chi connectivity index (χ0n) is 13.6. The van der Waals surface area contributed by atoms with Gasteiger partial charge >= 0.3 is 17.9 Å². The molecule has 0 aliphatic heterocycles. The number of amides is 3. The van der Waals surface area contributed by atoms with Crippen LogP contribution in [0.15, 0.2) is 0 Å². The summed E-state index contributed by atoms with van der Waals surface area (Å²) >= 11 is 0. The van der Waals surface area contributed by atoms with Crippen LogP contribution >= 0.6 is 0 Å². The van der Waals surface area contributed by atoms with Crippen LogP contribution in [0.3, 0.4) is 0 Å². The van der Waals surface area contributed by atoms with Crippen molar-refractivity contribution in [2.45, 2.75) is 31.3 Å². The number of nitrogens with two attached hydrogens (primary N) is 1. The third-order valence-corrected chi connectivity index (χ3v) is 2.87. The summed E-state index contributed by atoms with van der Waals surface area (Å²) in [5.74, 6) is -6.57. The lowest BCUT2D eigenvalue weighted by atomic mass is 10.1. The number of aliphatic carboxylic acids is 3. The Morgan fingerprint density at radius 2 is 1.42 bits per heavy atom. The highest BCUT2D eigenvalue weighted by Gasteiger charge is 2.25. The lowest BCUT2D eigenvalue weighted by Gasteiger charge is -2.19. The molecule has 26 heavy (non-hydrogen) atoms. The van der Waals surface area contributed by atoms with E-state index in [1.807, 2.05) is 5.32 Å². The van der Waals surface area contributed by atoms with Gasteiger partial charge in [-0.2, -0.15) is 0 Å². The van der Waals surface area contributed by atoms with Crippen LogP contribution in [0.25, 0.3) is 0 Å². The van der Waals surface area contributed by atoms with Crippen LogP contribution in [0.4, 0.5) is 0 Å². The van der Waals surface area contributed by atoms with Crippen LogP contribution in [-0.2, 0) is 28.8 Å². The second-order valence-corrected chi connectivity index (χ2v) is 5.09. The van der Waals surface area contributed by atoms with Gasteiger partial charge < -0.3 is 37.0 Å². The minimum Gasteiger partial charge on any atom is -0.481 e. The molecule has 13 nitrogen and oxygen atoms in total. The standard InChI is InChI=1S/C13H20N4O9/c14-6(3-10(21)22)12(25)17-7(1-2-9(19)20)13(26)16-4-8(18)15-5-11(23)24/h6-7H,1-5,14H2,(H,15,18)(H,16,26)(H,17,25)(H,19,20)(H,21,22)(H,23,24). The molecular formula is C13H20N4O9. The van der Waals surface area contributed by atoms with E-state index in [0.717, 1.165) is 0 Å². The van der Waals surface area contributed by atoms with Gasteiger partial charge in [0.25, 0.3) is 0 Å². The van der Waals surface area contributed by atoms with Crippen LogP contribution in [0, 0.1) is 0 Å². The Bertz CT molecular complexity index is 578. The maximum absolute atomic E-state index is 12.0. The van der Waals surface area contributed by atoms with Crippen molar-refractivity contribution in [3.8, 4) is 0 Å². The first kappa shape index (κ1) is 22.8. The van der Waals surface area contributed by atoms with E-state index >= 15 is 0 Å². The van der Waals surface area contributed by atoms with Gasteiger partial charge in [0.2, 0.25) is 17.7 Å². The fraction of sp³-hybridized carbons (Fsp3) is 0.538. The van der Waals surface area contributed by atoms with Crippen LogP contribution in [0.2, 0.25) is 0 Å². The van der Waals surface area contributed by atoms with Crippen molar-refractivity contribution < 1.29 is 44.1 Å². The van der Waals surface area contributed by atoms with E-state index in [1.54, 1.807) is 0 Å². The van der Waals surface area contributed by atoms with Crippen molar-refractivity contribution in [3.63, 3.8) is 0 Å². The van der Waals surface area contributed by atoms with E-state index < -0.39 is 73.6 Å². The lowest BCUT2D eigenvalue weighted by Crippen LogP contribution is -2.53. The van der Waals surface area contributed by atoms with Gasteiger partial charge in [0.15, 0.2) is 0 Å². The zero-order chi connectivity index (χ0) is 20.3. The van der Waals surface area contributed by atoms with Gasteiger partial charge in [0, 0.05) is 6.42 Å². The molecule has 0 aliphatic rings. The molecule has 0 bridgehead atoms. The molecule has 2 atom stereocenters. The van der Waals surface area contributed by atoms with Crippen LogP contribution in [0.1, 0.15) is 19.3 Å². The van der Waals surface area contributed by atoms with E-state index in [9.17, 15) is 28.8 Å². The summed E-state index contributed by atoms with van der Waals surface area (Å²) in [4.78, 5) is 66.6. The number of carbonyl (C=O) groups excluding carboxylic acids is 3. The minimum absolute atomic E-state index is 0.330. The predicted molar refractivity (Wildman–Crippen MR) is 82.7 cm³/mol. The molecule has 0 saturated heterocycles. The molecule has 8 N–H and O–H groups in total. The molecule has 13 heteroatoms. The lowest BCUT2D eigenvalue weighted by molar-refractivity contribution is -0.139. The fourth-order valence-electron chi connectivity index (χ4n) is 1.62. The Morgan fingerprint density at radius 1 is 0.808 bits per heavy atom. The fourth-order valence-corrected chi connectivity index (χ4v) is 1.62. The molecule has 0 saturated carbocycles. The summed E-state index contributed by atoms with van der Waals surface area (Å²) in [7, 11) is 0. The number of hydrogen-bond acceptors (Lipinski definition) is 7. The number of carbonyl (C=O) groups is 6.